The largest absolute Gasteiger partial charge is 0.397 e. The molecule has 0 bridgehead atoms. The van der Waals surface area contributed by atoms with Crippen LogP contribution in [0.15, 0.2) is 35.2 Å². The van der Waals surface area contributed by atoms with Crippen LogP contribution < -0.4 is 11.6 Å². The van der Waals surface area contributed by atoms with Gasteiger partial charge in [0.25, 0.3) is 0 Å². The van der Waals surface area contributed by atoms with Crippen LogP contribution in [-0.4, -0.2) is 12.1 Å². The molecule has 0 atom stereocenters. The lowest BCUT2D eigenvalue weighted by atomic mass is 10.2. The molecule has 0 saturated heterocycles. The Morgan fingerprint density at radius 1 is 1.23 bits per heavy atom. The van der Waals surface area contributed by atoms with Crippen LogP contribution in [0, 0.1) is 0 Å². The van der Waals surface area contributed by atoms with Crippen LogP contribution in [0.3, 0.4) is 0 Å². The monoisotopic (exact) mass is 181 g/mol. The van der Waals surface area contributed by atoms with Gasteiger partial charge in [-0.15, -0.1) is 0 Å². The molecule has 3 nitrogen and oxygen atoms in total. The zero-order valence-corrected chi connectivity index (χ0v) is 8.83. The zero-order chi connectivity index (χ0) is 10.4. The Kier molecular flexibility index (Phi) is 4.92. The maximum absolute atomic E-state index is 5.84. The number of nitrogens with two attached hydrogens (primary N) is 2. The molecule has 0 saturated carbocycles. The van der Waals surface area contributed by atoms with Crippen molar-refractivity contribution in [1.29, 1.82) is 0 Å². The SMILES string of the molecule is C\C=C(C)/C=C(N)\C(=C\C)N(C)N. The Hall–Kier alpha value is -1.22. The van der Waals surface area contributed by atoms with Gasteiger partial charge in [0.2, 0.25) is 0 Å². The van der Waals surface area contributed by atoms with Crippen LogP contribution in [0.2, 0.25) is 0 Å². The summed E-state index contributed by atoms with van der Waals surface area (Å²) in [4.78, 5) is 0. The van der Waals surface area contributed by atoms with Gasteiger partial charge in [-0.2, -0.15) is 0 Å². The molecule has 0 aromatic heterocycles. The fourth-order valence-corrected chi connectivity index (χ4v) is 0.976. The van der Waals surface area contributed by atoms with E-state index in [4.69, 9.17) is 11.6 Å². The fraction of sp³-hybridized carbons (Fsp3) is 0.400. The predicted octanol–water partition coefficient (Wildman–Crippen LogP) is 1.50. The van der Waals surface area contributed by atoms with E-state index in [1.165, 1.54) is 5.01 Å². The van der Waals surface area contributed by atoms with Gasteiger partial charge in [-0.3, -0.25) is 0 Å². The minimum atomic E-state index is 0.683. The normalized spacial score (nSPS) is 14.7. The van der Waals surface area contributed by atoms with Gasteiger partial charge < -0.3 is 10.7 Å². The first-order valence-corrected chi connectivity index (χ1v) is 4.28. The van der Waals surface area contributed by atoms with Crippen LogP contribution in [0.25, 0.3) is 0 Å². The van der Waals surface area contributed by atoms with E-state index in [2.05, 4.69) is 0 Å². The van der Waals surface area contributed by atoms with E-state index in [-0.39, 0.29) is 0 Å². The molecule has 0 heterocycles. The van der Waals surface area contributed by atoms with Gasteiger partial charge in [0.1, 0.15) is 0 Å². The van der Waals surface area contributed by atoms with Crippen molar-refractivity contribution in [3.63, 3.8) is 0 Å². The molecule has 74 valence electrons. The van der Waals surface area contributed by atoms with E-state index in [1.54, 1.807) is 7.05 Å². The molecule has 0 aromatic carbocycles. The lowest BCUT2D eigenvalue weighted by molar-refractivity contribution is 0.447. The van der Waals surface area contributed by atoms with Gasteiger partial charge in [0, 0.05) is 7.05 Å². The maximum Gasteiger partial charge on any atom is 0.0700 e. The Morgan fingerprint density at radius 2 is 1.77 bits per heavy atom. The van der Waals surface area contributed by atoms with Crippen molar-refractivity contribution in [1.82, 2.24) is 5.01 Å². The van der Waals surface area contributed by atoms with Crippen molar-refractivity contribution in [3.05, 3.63) is 35.2 Å². The lowest BCUT2D eigenvalue weighted by Gasteiger charge is -2.16. The molecule has 0 spiro atoms. The van der Waals surface area contributed by atoms with Crippen LogP contribution in [0.1, 0.15) is 20.8 Å². The molecule has 0 unspecified atom stereocenters. The summed E-state index contributed by atoms with van der Waals surface area (Å²) in [5, 5.41) is 1.51. The highest BCUT2D eigenvalue weighted by Crippen LogP contribution is 2.08. The van der Waals surface area contributed by atoms with Crippen LogP contribution in [0.4, 0.5) is 0 Å². The summed E-state index contributed by atoms with van der Waals surface area (Å²) in [6.45, 7) is 5.88. The number of rotatable bonds is 3. The van der Waals surface area contributed by atoms with Crippen molar-refractivity contribution >= 4 is 0 Å². The molecule has 0 amide bonds. The highest BCUT2D eigenvalue weighted by atomic mass is 15.4. The van der Waals surface area contributed by atoms with Crippen molar-refractivity contribution in [2.75, 3.05) is 7.05 Å². The summed E-state index contributed by atoms with van der Waals surface area (Å²) < 4.78 is 0. The van der Waals surface area contributed by atoms with Crippen LogP contribution in [0.5, 0.6) is 0 Å². The zero-order valence-electron chi connectivity index (χ0n) is 8.83. The van der Waals surface area contributed by atoms with Crippen molar-refractivity contribution < 1.29 is 0 Å². The molecule has 0 aliphatic heterocycles. The van der Waals surface area contributed by atoms with E-state index in [9.17, 15) is 0 Å². The number of hydrogen-bond donors (Lipinski definition) is 2. The number of nitrogens with zero attached hydrogens (tertiary/aromatic N) is 1. The minimum absolute atomic E-state index is 0.683. The van der Waals surface area contributed by atoms with E-state index in [0.29, 0.717) is 5.70 Å². The lowest BCUT2D eigenvalue weighted by Crippen LogP contribution is -2.28. The number of hydrogen-bond acceptors (Lipinski definition) is 3. The molecule has 0 aliphatic carbocycles. The van der Waals surface area contributed by atoms with E-state index in [0.717, 1.165) is 11.3 Å². The van der Waals surface area contributed by atoms with E-state index in [1.807, 2.05) is 39.0 Å². The average molecular weight is 181 g/mol. The maximum atomic E-state index is 5.84. The van der Waals surface area contributed by atoms with Crippen molar-refractivity contribution in [3.8, 4) is 0 Å². The second kappa shape index (κ2) is 5.43. The third kappa shape index (κ3) is 3.80. The molecule has 3 heteroatoms. The summed E-state index contributed by atoms with van der Waals surface area (Å²) in [6.07, 6.45) is 5.78. The molecule has 13 heavy (non-hydrogen) atoms. The predicted molar refractivity (Wildman–Crippen MR) is 57.4 cm³/mol. The first-order chi connectivity index (χ1) is 6.02. The summed E-state index contributed by atoms with van der Waals surface area (Å²) >= 11 is 0. The van der Waals surface area contributed by atoms with Gasteiger partial charge >= 0.3 is 0 Å². The molecule has 0 aliphatic rings. The summed E-state index contributed by atoms with van der Waals surface area (Å²) in [6, 6.07) is 0. The van der Waals surface area contributed by atoms with Crippen molar-refractivity contribution in [2.24, 2.45) is 11.6 Å². The van der Waals surface area contributed by atoms with Crippen LogP contribution >= 0.6 is 0 Å². The molecule has 0 fully saturated rings. The number of allylic oxidation sites excluding steroid dienone is 4. The van der Waals surface area contributed by atoms with Crippen LogP contribution in [-0.2, 0) is 0 Å². The third-order valence-electron chi connectivity index (χ3n) is 1.79. The molecular weight excluding hydrogens is 162 g/mol. The molecular formula is C10H19N3. The molecule has 0 rings (SSSR count). The summed E-state index contributed by atoms with van der Waals surface area (Å²) in [5.74, 6) is 5.59. The molecule has 4 N–H and O–H groups in total. The van der Waals surface area contributed by atoms with E-state index < -0.39 is 0 Å². The Bertz CT molecular complexity index is 247. The number of hydrazine groups is 1. The topological polar surface area (TPSA) is 55.3 Å². The highest BCUT2D eigenvalue weighted by Gasteiger charge is 2.01. The fourth-order valence-electron chi connectivity index (χ4n) is 0.976. The van der Waals surface area contributed by atoms with Gasteiger partial charge in [0.15, 0.2) is 0 Å². The molecule has 0 radical (unpaired) electrons. The Morgan fingerprint density at radius 3 is 2.08 bits per heavy atom. The Balaban J connectivity index is 4.76. The Labute approximate surface area is 80.4 Å². The van der Waals surface area contributed by atoms with Crippen molar-refractivity contribution in [2.45, 2.75) is 20.8 Å². The van der Waals surface area contributed by atoms with Gasteiger partial charge in [-0.05, 0) is 26.8 Å². The number of likely N-dealkylation sites (N-methyl/N-ethyl adjacent to an activating group) is 1. The standard InChI is InChI=1S/C10H19N3/c1-5-8(3)7-9(11)10(6-2)13(4)12/h5-7H,11-12H2,1-4H3/b8-5-,9-7+,10-6-. The van der Waals surface area contributed by atoms with Gasteiger partial charge in [-0.1, -0.05) is 17.7 Å². The second-order valence-corrected chi connectivity index (χ2v) is 2.92. The van der Waals surface area contributed by atoms with Gasteiger partial charge in [0.05, 0.1) is 11.4 Å². The summed E-state index contributed by atoms with van der Waals surface area (Å²) in [5.41, 5.74) is 8.48. The molecule has 0 aromatic rings. The smallest absolute Gasteiger partial charge is 0.0700 e. The summed E-state index contributed by atoms with van der Waals surface area (Å²) in [7, 11) is 1.76. The second-order valence-electron chi connectivity index (χ2n) is 2.92. The quantitative estimate of drug-likeness (QED) is 0.394. The minimum Gasteiger partial charge on any atom is -0.397 e. The first-order valence-electron chi connectivity index (χ1n) is 4.28. The first kappa shape index (κ1) is 11.8. The van der Waals surface area contributed by atoms with E-state index >= 15 is 0 Å². The van der Waals surface area contributed by atoms with Gasteiger partial charge in [-0.25, -0.2) is 5.84 Å². The average Bonchev–Trinajstić information content (AvgIpc) is 2.04. The third-order valence-corrected chi connectivity index (χ3v) is 1.79. The highest BCUT2D eigenvalue weighted by molar-refractivity contribution is 5.32.